The van der Waals surface area contributed by atoms with Crippen LogP contribution < -0.4 is 0 Å². The van der Waals surface area contributed by atoms with Crippen molar-refractivity contribution in [2.75, 3.05) is 0 Å². The summed E-state index contributed by atoms with van der Waals surface area (Å²) < 4.78 is 1.11. The lowest BCUT2D eigenvalue weighted by Gasteiger charge is -1.89. The van der Waals surface area contributed by atoms with Gasteiger partial charge in [-0.1, -0.05) is 23.4 Å². The molecule has 0 saturated carbocycles. The normalized spacial score (nSPS) is 16.2. The molecule has 0 amide bonds. The Labute approximate surface area is 78.2 Å². The molecule has 6 heteroatoms. The molecule has 1 aliphatic heterocycles. The molecule has 0 atom stereocenters. The molecule has 0 radical (unpaired) electrons. The number of nitrogens with one attached hydrogen (secondary N) is 1. The zero-order valence-electron chi connectivity index (χ0n) is 5.93. The van der Waals surface area contributed by atoms with Crippen molar-refractivity contribution in [2.45, 2.75) is 0 Å². The average molecular weight is 197 g/mol. The van der Waals surface area contributed by atoms with Crippen LogP contribution in [0.2, 0.25) is 0 Å². The van der Waals surface area contributed by atoms with Crippen LogP contribution in [0.25, 0.3) is 0 Å². The summed E-state index contributed by atoms with van der Waals surface area (Å²) >= 11 is 5.48. The van der Waals surface area contributed by atoms with Gasteiger partial charge in [0.25, 0.3) is 0 Å². The molecule has 60 valence electrons. The number of hydrogen-bond donors (Lipinski definition) is 2. The molecule has 0 saturated heterocycles. The number of thiophene rings is 1. The maximum Gasteiger partial charge on any atom is 0.361 e. The summed E-state index contributed by atoms with van der Waals surface area (Å²) in [6, 6.07) is 3.81. The summed E-state index contributed by atoms with van der Waals surface area (Å²) in [7, 11) is 0. The number of rotatable bonds is 1. The molecule has 1 N–H and O–H groups in total. The van der Waals surface area contributed by atoms with Crippen molar-refractivity contribution in [3.8, 4) is 0 Å². The molecule has 2 rings (SSSR count). The quantitative estimate of drug-likeness (QED) is 0.509. The molecule has 0 aliphatic carbocycles. The van der Waals surface area contributed by atoms with E-state index in [1.165, 1.54) is 11.3 Å². The van der Waals surface area contributed by atoms with Crippen molar-refractivity contribution in [3.05, 3.63) is 22.4 Å². The Morgan fingerprint density at radius 2 is 2.33 bits per heavy atom. The molecular formula is C6H5N4S2+. The Balaban J connectivity index is 2.37. The van der Waals surface area contributed by atoms with Gasteiger partial charge in [0.15, 0.2) is 0 Å². The molecule has 0 spiro atoms. The van der Waals surface area contributed by atoms with Crippen LogP contribution in [0.3, 0.4) is 0 Å². The highest BCUT2D eigenvalue weighted by molar-refractivity contribution is 7.96. The van der Waals surface area contributed by atoms with E-state index in [2.05, 4.69) is 22.8 Å². The zero-order chi connectivity index (χ0) is 8.55. The summed E-state index contributed by atoms with van der Waals surface area (Å²) in [6.07, 6.45) is 0. The summed E-state index contributed by atoms with van der Waals surface area (Å²) in [5, 5.41) is 9.72. The minimum Gasteiger partial charge on any atom is -0.158 e. The van der Waals surface area contributed by atoms with Crippen LogP contribution in [0.15, 0.2) is 27.7 Å². The Hall–Kier alpha value is -1.01. The van der Waals surface area contributed by atoms with Crippen molar-refractivity contribution in [1.29, 1.82) is 5.53 Å². The van der Waals surface area contributed by atoms with E-state index in [-0.39, 0.29) is 0 Å². The van der Waals surface area contributed by atoms with Crippen molar-refractivity contribution in [3.63, 3.8) is 0 Å². The Morgan fingerprint density at radius 3 is 2.83 bits per heavy atom. The van der Waals surface area contributed by atoms with E-state index >= 15 is 0 Å². The third-order valence-corrected chi connectivity index (χ3v) is 2.54. The highest BCUT2D eigenvalue weighted by Gasteiger charge is 2.28. The van der Waals surface area contributed by atoms with Crippen molar-refractivity contribution in [2.24, 2.45) is 10.2 Å². The first kappa shape index (κ1) is 7.63. The van der Waals surface area contributed by atoms with Crippen LogP contribution >= 0.6 is 24.0 Å². The minimum atomic E-state index is 0.304. The molecule has 0 fully saturated rings. The van der Waals surface area contributed by atoms with Crippen molar-refractivity contribution in [1.82, 2.24) is 0 Å². The Kier molecular flexibility index (Phi) is 1.78. The summed E-state index contributed by atoms with van der Waals surface area (Å²) in [4.78, 5) is 0.929. The fourth-order valence-corrected chi connectivity index (χ4v) is 1.68. The van der Waals surface area contributed by atoms with Gasteiger partial charge in [-0.3, -0.25) is 0 Å². The third-order valence-electron chi connectivity index (χ3n) is 1.39. The number of hydrogen-bond acceptors (Lipinski definition) is 4. The first-order valence-electron chi connectivity index (χ1n) is 3.19. The van der Waals surface area contributed by atoms with Crippen molar-refractivity contribution >= 4 is 35.0 Å². The van der Waals surface area contributed by atoms with Gasteiger partial charge in [0.1, 0.15) is 4.88 Å². The zero-order valence-corrected chi connectivity index (χ0v) is 7.64. The molecular weight excluding hydrogens is 192 g/mol. The van der Waals surface area contributed by atoms with E-state index < -0.39 is 0 Å². The van der Waals surface area contributed by atoms with Crippen LogP contribution in [-0.2, 0) is 0 Å². The second-order valence-electron chi connectivity index (χ2n) is 2.14. The van der Waals surface area contributed by atoms with E-state index in [0.717, 1.165) is 9.57 Å². The second-order valence-corrected chi connectivity index (χ2v) is 3.48. The molecule has 1 aliphatic rings. The van der Waals surface area contributed by atoms with E-state index in [4.69, 9.17) is 5.53 Å². The fourth-order valence-electron chi connectivity index (χ4n) is 0.842. The van der Waals surface area contributed by atoms with E-state index in [0.29, 0.717) is 11.0 Å². The largest absolute Gasteiger partial charge is 0.361 e. The van der Waals surface area contributed by atoms with Gasteiger partial charge in [0.05, 0.1) is 10.2 Å². The smallest absolute Gasteiger partial charge is 0.158 e. The monoisotopic (exact) mass is 197 g/mol. The van der Waals surface area contributed by atoms with Gasteiger partial charge >= 0.3 is 11.0 Å². The molecule has 0 aromatic carbocycles. The maximum atomic E-state index is 7.47. The maximum absolute atomic E-state index is 7.47. The van der Waals surface area contributed by atoms with Gasteiger partial charge in [-0.25, -0.2) is 0 Å². The second kappa shape index (κ2) is 2.80. The van der Waals surface area contributed by atoms with E-state index in [1.54, 1.807) is 0 Å². The molecule has 4 nitrogen and oxygen atoms in total. The van der Waals surface area contributed by atoms with Crippen LogP contribution in [-0.4, -0.2) is 15.7 Å². The third kappa shape index (κ3) is 1.09. The molecule has 2 heterocycles. The molecule has 0 unspecified atom stereocenters. The molecule has 1 aromatic heterocycles. The van der Waals surface area contributed by atoms with Gasteiger partial charge < -0.3 is 0 Å². The van der Waals surface area contributed by atoms with Crippen LogP contribution in [0.5, 0.6) is 0 Å². The van der Waals surface area contributed by atoms with Crippen LogP contribution in [0, 0.1) is 5.53 Å². The van der Waals surface area contributed by atoms with Gasteiger partial charge in [0, 0.05) is 0 Å². The topological polar surface area (TPSA) is 51.6 Å². The predicted molar refractivity (Wildman–Crippen MR) is 50.3 cm³/mol. The average Bonchev–Trinajstić information content (AvgIpc) is 2.64. The minimum absolute atomic E-state index is 0.304. The van der Waals surface area contributed by atoms with Crippen LogP contribution in [0.4, 0.5) is 0 Å². The number of nitrogens with zero attached hydrogens (tertiary/aromatic N) is 3. The van der Waals surface area contributed by atoms with Crippen molar-refractivity contribution < 1.29 is 4.70 Å². The van der Waals surface area contributed by atoms with E-state index in [9.17, 15) is 0 Å². The first-order valence-corrected chi connectivity index (χ1v) is 4.51. The SMILES string of the molecule is N=[N+]1C(S)=NN=C1c1cccs1. The van der Waals surface area contributed by atoms with E-state index in [1.807, 2.05) is 17.5 Å². The van der Waals surface area contributed by atoms with Gasteiger partial charge in [-0.2, -0.15) is 5.53 Å². The number of amidine groups is 2. The summed E-state index contributed by atoms with van der Waals surface area (Å²) in [5.74, 6) is 0.537. The highest BCUT2D eigenvalue weighted by Crippen LogP contribution is 2.14. The summed E-state index contributed by atoms with van der Waals surface area (Å²) in [5.41, 5.74) is 7.47. The molecule has 12 heavy (non-hydrogen) atoms. The molecule has 0 bridgehead atoms. The predicted octanol–water partition coefficient (Wildman–Crippen LogP) is 1.75. The van der Waals surface area contributed by atoms with Gasteiger partial charge in [0.2, 0.25) is 0 Å². The standard InChI is InChI=1S/C6H4N4S2/c7-10-5(8-9-6(10)11)4-2-1-3-12-4/h1-3H,(H-,7,9,11)/p+1. The van der Waals surface area contributed by atoms with Gasteiger partial charge in [-0.05, 0) is 11.4 Å². The summed E-state index contributed by atoms with van der Waals surface area (Å²) in [6.45, 7) is 0. The Bertz CT molecular complexity index is 376. The fraction of sp³-hybridized carbons (Fsp3) is 0. The highest BCUT2D eigenvalue weighted by atomic mass is 32.1. The lowest BCUT2D eigenvalue weighted by Crippen LogP contribution is -2.16. The molecule has 1 aromatic rings. The lowest BCUT2D eigenvalue weighted by molar-refractivity contribution is -0.371. The first-order chi connectivity index (χ1) is 5.79. The number of thiol groups is 1. The van der Waals surface area contributed by atoms with Gasteiger partial charge in [-0.15, -0.1) is 11.3 Å². The Morgan fingerprint density at radius 1 is 1.50 bits per heavy atom. The lowest BCUT2D eigenvalue weighted by atomic mass is 10.4. The van der Waals surface area contributed by atoms with Crippen LogP contribution in [0.1, 0.15) is 4.88 Å².